The summed E-state index contributed by atoms with van der Waals surface area (Å²) in [4.78, 5) is 22.6. The van der Waals surface area contributed by atoms with Gasteiger partial charge in [-0.1, -0.05) is 70.8 Å². The van der Waals surface area contributed by atoms with Crippen molar-refractivity contribution >= 4 is 40.7 Å². The number of azide groups is 1. The highest BCUT2D eigenvalue weighted by molar-refractivity contribution is 6.35. The van der Waals surface area contributed by atoms with E-state index in [2.05, 4.69) is 15.3 Å². The van der Waals surface area contributed by atoms with Crippen LogP contribution in [-0.4, -0.2) is 42.8 Å². The lowest BCUT2D eigenvalue weighted by Gasteiger charge is -2.31. The highest BCUT2D eigenvalue weighted by Crippen LogP contribution is 2.44. The molecule has 2 N–H and O–H groups in total. The molecule has 2 atom stereocenters. The number of amides is 1. The van der Waals surface area contributed by atoms with E-state index in [0.29, 0.717) is 62.5 Å². The predicted octanol–water partition coefficient (Wildman–Crippen LogP) is 7.52. The number of hydrogen-bond donors (Lipinski definition) is 2. The standard InChI is InChI=1S/C34H31Cl2N5O5/c1-44-28-8-4-7-23(18-28)31-34(20-24-6-2-3-9-30(24)40-41-37,33(43)38-21-25-10-13-26(35)19-29(25)36)39-32(46-31)22-11-14-27(15-12-22)45-17-5-16-42/h2-4,6-15,18-19,31,42H,5,16-17,20-21H2,1H3,(H,38,43)/t31-,34-/m1/s1. The van der Waals surface area contributed by atoms with E-state index in [9.17, 15) is 10.3 Å². The highest BCUT2D eigenvalue weighted by atomic mass is 35.5. The summed E-state index contributed by atoms with van der Waals surface area (Å²) < 4.78 is 17.8. The maximum Gasteiger partial charge on any atom is 0.252 e. The van der Waals surface area contributed by atoms with Crippen LogP contribution in [0, 0.1) is 0 Å². The third-order valence-electron chi connectivity index (χ3n) is 7.49. The summed E-state index contributed by atoms with van der Waals surface area (Å²) in [5, 5.41) is 16.9. The Hall–Kier alpha value is -4.73. The molecule has 1 aliphatic rings. The van der Waals surface area contributed by atoms with Gasteiger partial charge in [-0.05, 0) is 70.8 Å². The summed E-state index contributed by atoms with van der Waals surface area (Å²) in [6.45, 7) is 0.506. The average molecular weight is 661 g/mol. The Kier molecular flexibility index (Phi) is 10.7. The molecule has 1 aliphatic heterocycles. The molecule has 12 heteroatoms. The molecule has 0 bridgehead atoms. The molecule has 0 saturated heterocycles. The lowest BCUT2D eigenvalue weighted by atomic mass is 9.81. The molecular weight excluding hydrogens is 629 g/mol. The van der Waals surface area contributed by atoms with E-state index in [0.717, 1.165) is 0 Å². The third-order valence-corrected chi connectivity index (χ3v) is 8.07. The van der Waals surface area contributed by atoms with Crippen molar-refractivity contribution in [3.8, 4) is 11.5 Å². The zero-order chi connectivity index (χ0) is 32.5. The van der Waals surface area contributed by atoms with Gasteiger partial charge in [0.15, 0.2) is 11.6 Å². The number of nitrogens with zero attached hydrogens (tertiary/aromatic N) is 4. The monoisotopic (exact) mass is 659 g/mol. The first kappa shape index (κ1) is 32.7. The van der Waals surface area contributed by atoms with Crippen molar-refractivity contribution < 1.29 is 24.1 Å². The molecule has 0 spiro atoms. The molecule has 4 aromatic rings. The zero-order valence-electron chi connectivity index (χ0n) is 24.9. The Morgan fingerprint density at radius 2 is 1.85 bits per heavy atom. The third kappa shape index (κ3) is 7.38. The average Bonchev–Trinajstić information content (AvgIpc) is 3.46. The fourth-order valence-corrected chi connectivity index (χ4v) is 5.65. The van der Waals surface area contributed by atoms with E-state index >= 15 is 0 Å². The number of methoxy groups -OCH3 is 1. The van der Waals surface area contributed by atoms with Crippen molar-refractivity contribution in [3.63, 3.8) is 0 Å². The summed E-state index contributed by atoms with van der Waals surface area (Å²) in [5.74, 6) is 1.01. The van der Waals surface area contributed by atoms with Crippen molar-refractivity contribution in [2.24, 2.45) is 10.1 Å². The lowest BCUT2D eigenvalue weighted by molar-refractivity contribution is -0.129. The van der Waals surface area contributed by atoms with E-state index < -0.39 is 17.6 Å². The summed E-state index contributed by atoms with van der Waals surface area (Å²) in [6.07, 6.45) is -0.357. The minimum absolute atomic E-state index is 0.0333. The van der Waals surface area contributed by atoms with Crippen LogP contribution in [0.5, 0.6) is 11.5 Å². The molecule has 0 saturated carbocycles. The number of aliphatic hydroxyl groups is 1. The first-order valence-electron chi connectivity index (χ1n) is 14.5. The second-order valence-electron chi connectivity index (χ2n) is 10.5. The number of aliphatic imine (C=N–C) groups is 1. The minimum atomic E-state index is -1.56. The van der Waals surface area contributed by atoms with Crippen molar-refractivity contribution in [3.05, 3.63) is 134 Å². The van der Waals surface area contributed by atoms with Gasteiger partial charge in [-0.3, -0.25) is 4.79 Å². The molecule has 1 heterocycles. The first-order valence-corrected chi connectivity index (χ1v) is 15.2. The van der Waals surface area contributed by atoms with E-state index in [1.165, 1.54) is 0 Å². The maximum absolute atomic E-state index is 14.6. The number of nitrogens with one attached hydrogen (secondary N) is 1. The number of carbonyl (C=O) groups is 1. The number of ether oxygens (including phenoxy) is 3. The van der Waals surface area contributed by atoms with Crippen LogP contribution in [0.3, 0.4) is 0 Å². The van der Waals surface area contributed by atoms with Crippen LogP contribution >= 0.6 is 23.2 Å². The lowest BCUT2D eigenvalue weighted by Crippen LogP contribution is -2.49. The molecular formula is C34H31Cl2N5O5. The van der Waals surface area contributed by atoms with Crippen molar-refractivity contribution in [2.45, 2.75) is 31.0 Å². The van der Waals surface area contributed by atoms with Crippen LogP contribution in [0.2, 0.25) is 10.0 Å². The van der Waals surface area contributed by atoms with Gasteiger partial charge in [0, 0.05) is 52.2 Å². The molecule has 10 nitrogen and oxygen atoms in total. The van der Waals surface area contributed by atoms with Crippen LogP contribution in [0.25, 0.3) is 10.4 Å². The highest BCUT2D eigenvalue weighted by Gasteiger charge is 2.53. The number of halogens is 2. The van der Waals surface area contributed by atoms with Gasteiger partial charge in [0.1, 0.15) is 11.5 Å². The van der Waals surface area contributed by atoms with Crippen LogP contribution in [0.4, 0.5) is 5.69 Å². The fourth-order valence-electron chi connectivity index (χ4n) is 5.18. The molecule has 0 fully saturated rings. The van der Waals surface area contributed by atoms with Gasteiger partial charge < -0.3 is 24.6 Å². The summed E-state index contributed by atoms with van der Waals surface area (Å²) in [7, 11) is 1.56. The molecule has 0 aromatic heterocycles. The van der Waals surface area contributed by atoms with Gasteiger partial charge in [0.05, 0.1) is 13.7 Å². The molecule has 0 radical (unpaired) electrons. The fraction of sp³-hybridized carbons (Fsp3) is 0.235. The van der Waals surface area contributed by atoms with Crippen LogP contribution < -0.4 is 14.8 Å². The number of rotatable bonds is 13. The summed E-state index contributed by atoms with van der Waals surface area (Å²) >= 11 is 12.5. The maximum atomic E-state index is 14.6. The van der Waals surface area contributed by atoms with Gasteiger partial charge in [-0.25, -0.2) is 4.99 Å². The van der Waals surface area contributed by atoms with E-state index in [-0.39, 0.29) is 25.5 Å². The van der Waals surface area contributed by atoms with E-state index in [1.54, 1.807) is 86.0 Å². The Bertz CT molecular complexity index is 1780. The summed E-state index contributed by atoms with van der Waals surface area (Å²) in [5.41, 5.74) is 10.6. The number of benzene rings is 4. The van der Waals surface area contributed by atoms with Gasteiger partial charge in [-0.15, -0.1) is 0 Å². The minimum Gasteiger partial charge on any atom is -0.497 e. The molecule has 236 valence electrons. The Balaban J connectivity index is 1.61. The Morgan fingerprint density at radius 1 is 1.04 bits per heavy atom. The van der Waals surface area contributed by atoms with Gasteiger partial charge in [0.2, 0.25) is 5.90 Å². The SMILES string of the molecule is COc1cccc([C@H]2OC(c3ccc(OCCCO)cc3)=N[C@@]2(Cc2ccccc2N=[N+]=[N-])C(=O)NCc2ccc(Cl)cc2Cl)c1. The van der Waals surface area contributed by atoms with Crippen LogP contribution in [0.1, 0.15) is 34.8 Å². The van der Waals surface area contributed by atoms with Crippen LogP contribution in [0.15, 0.2) is 101 Å². The normalized spacial score (nSPS) is 17.0. The second kappa shape index (κ2) is 15.0. The molecule has 1 amide bonds. The van der Waals surface area contributed by atoms with Gasteiger partial charge in [0.25, 0.3) is 5.91 Å². The van der Waals surface area contributed by atoms with Gasteiger partial charge >= 0.3 is 0 Å². The molecule has 5 rings (SSSR count). The molecule has 4 aromatic carbocycles. The van der Waals surface area contributed by atoms with E-state index in [4.69, 9.17) is 47.5 Å². The molecule has 0 unspecified atom stereocenters. The smallest absolute Gasteiger partial charge is 0.252 e. The molecule has 46 heavy (non-hydrogen) atoms. The van der Waals surface area contributed by atoms with Crippen molar-refractivity contribution in [1.82, 2.24) is 5.32 Å². The first-order chi connectivity index (χ1) is 22.4. The second-order valence-corrected chi connectivity index (χ2v) is 11.3. The molecule has 0 aliphatic carbocycles. The Morgan fingerprint density at radius 3 is 2.59 bits per heavy atom. The quantitative estimate of drug-likeness (QED) is 0.0661. The Labute approximate surface area is 276 Å². The topological polar surface area (TPSA) is 138 Å². The van der Waals surface area contributed by atoms with E-state index in [1.807, 2.05) is 12.1 Å². The number of aliphatic hydroxyl groups excluding tert-OH is 1. The number of carbonyl (C=O) groups excluding carboxylic acids is 1. The summed E-state index contributed by atoms with van der Waals surface area (Å²) in [6, 6.07) is 26.5. The van der Waals surface area contributed by atoms with Crippen molar-refractivity contribution in [2.75, 3.05) is 20.3 Å². The largest absolute Gasteiger partial charge is 0.497 e. The number of hydrogen-bond acceptors (Lipinski definition) is 7. The zero-order valence-corrected chi connectivity index (χ0v) is 26.4. The van der Waals surface area contributed by atoms with Crippen molar-refractivity contribution in [1.29, 1.82) is 0 Å². The van der Waals surface area contributed by atoms with Crippen LogP contribution in [-0.2, 0) is 22.5 Å². The predicted molar refractivity (Wildman–Crippen MR) is 177 cm³/mol. The van der Waals surface area contributed by atoms with Gasteiger partial charge in [-0.2, -0.15) is 0 Å².